The topological polar surface area (TPSA) is 56.1 Å². The van der Waals surface area contributed by atoms with E-state index in [9.17, 15) is 26.3 Å². The normalized spacial score (nSPS) is 13.4. The van der Waals surface area contributed by atoms with E-state index < -0.39 is 30.1 Å². The van der Waals surface area contributed by atoms with E-state index >= 15 is 0 Å². The average Bonchev–Trinajstić information content (AvgIpc) is 3.15. The van der Waals surface area contributed by atoms with Crippen LogP contribution in [0.25, 0.3) is 0 Å². The number of tetrazole rings is 1. The fraction of sp³-hybridized carbons (Fsp3) is 0.381. The molecule has 0 aliphatic rings. The number of aromatic nitrogens is 4. The molecule has 3 aromatic rings. The number of aryl methyl sites for hydroxylation is 1. The molecule has 12 heteroatoms. The van der Waals surface area contributed by atoms with Gasteiger partial charge in [0, 0.05) is 11.6 Å². The molecule has 1 unspecified atom stereocenters. The van der Waals surface area contributed by atoms with E-state index in [2.05, 4.69) is 15.4 Å². The van der Waals surface area contributed by atoms with Crippen LogP contribution in [0, 0.1) is 0 Å². The van der Waals surface area contributed by atoms with E-state index in [-0.39, 0.29) is 17.7 Å². The molecule has 0 bridgehead atoms. The van der Waals surface area contributed by atoms with E-state index in [0.29, 0.717) is 35.8 Å². The second-order valence-corrected chi connectivity index (χ2v) is 7.53. The number of ether oxygens (including phenoxy) is 1. The van der Waals surface area contributed by atoms with Crippen molar-refractivity contribution in [3.05, 3.63) is 70.5 Å². The van der Waals surface area contributed by atoms with E-state index in [1.165, 1.54) is 4.80 Å². The van der Waals surface area contributed by atoms with Crippen molar-refractivity contribution >= 4 is 0 Å². The van der Waals surface area contributed by atoms with Gasteiger partial charge in [-0.25, -0.2) is 0 Å². The summed E-state index contributed by atoms with van der Waals surface area (Å²) in [4.78, 5) is 3.24. The van der Waals surface area contributed by atoms with E-state index in [4.69, 9.17) is 4.74 Å². The van der Waals surface area contributed by atoms with Crippen LogP contribution in [0.5, 0.6) is 5.75 Å². The summed E-state index contributed by atoms with van der Waals surface area (Å²) < 4.78 is 84.3. The lowest BCUT2D eigenvalue weighted by atomic mass is 10.0. The molecule has 2 aromatic carbocycles. The van der Waals surface area contributed by atoms with E-state index in [1.807, 2.05) is 18.9 Å². The first-order valence-electron chi connectivity index (χ1n) is 9.78. The minimum atomic E-state index is -4.92. The predicted molar refractivity (Wildman–Crippen MR) is 106 cm³/mol. The van der Waals surface area contributed by atoms with Crippen molar-refractivity contribution in [2.24, 2.45) is 7.05 Å². The second-order valence-electron chi connectivity index (χ2n) is 7.53. The molecule has 0 fully saturated rings. The van der Waals surface area contributed by atoms with Crippen molar-refractivity contribution in [3.8, 4) is 5.75 Å². The summed E-state index contributed by atoms with van der Waals surface area (Å²) in [6, 6.07) is 8.00. The van der Waals surface area contributed by atoms with E-state index in [0.717, 1.165) is 0 Å². The maximum Gasteiger partial charge on any atom is 0.416 e. The number of para-hydroxylation sites is 1. The van der Waals surface area contributed by atoms with Crippen LogP contribution in [0.15, 0.2) is 42.5 Å². The highest BCUT2D eigenvalue weighted by atomic mass is 19.4. The lowest BCUT2D eigenvalue weighted by molar-refractivity contribution is -0.143. The Kier molecular flexibility index (Phi) is 6.96. The maximum atomic E-state index is 13.1. The van der Waals surface area contributed by atoms with Crippen LogP contribution in [0.2, 0.25) is 0 Å². The van der Waals surface area contributed by atoms with Gasteiger partial charge >= 0.3 is 12.4 Å². The number of hydrogen-bond donors (Lipinski definition) is 0. The molecule has 0 aliphatic carbocycles. The molecule has 1 atom stereocenters. The zero-order valence-electron chi connectivity index (χ0n) is 17.9. The van der Waals surface area contributed by atoms with Crippen LogP contribution >= 0.6 is 0 Å². The van der Waals surface area contributed by atoms with Gasteiger partial charge in [0.15, 0.2) is 5.82 Å². The first kappa shape index (κ1) is 24.5. The van der Waals surface area contributed by atoms with Crippen LogP contribution in [0.1, 0.15) is 41.0 Å². The van der Waals surface area contributed by atoms with Crippen molar-refractivity contribution in [2.75, 3.05) is 7.05 Å². The monoisotopic (exact) mass is 473 g/mol. The second kappa shape index (κ2) is 9.38. The predicted octanol–water partition coefficient (Wildman–Crippen LogP) is 5.02. The number of nitrogens with zero attached hydrogens (tertiary/aromatic N) is 5. The molecule has 0 spiro atoms. The fourth-order valence-corrected chi connectivity index (χ4v) is 3.20. The van der Waals surface area contributed by atoms with Crippen LogP contribution in [-0.4, -0.2) is 32.2 Å². The van der Waals surface area contributed by atoms with Gasteiger partial charge in [-0.1, -0.05) is 18.2 Å². The Morgan fingerprint density at radius 1 is 1.00 bits per heavy atom. The molecule has 0 saturated carbocycles. The van der Waals surface area contributed by atoms with Crippen molar-refractivity contribution in [2.45, 2.75) is 38.5 Å². The molecule has 6 nitrogen and oxygen atoms in total. The molecule has 3 rings (SSSR count). The van der Waals surface area contributed by atoms with Gasteiger partial charge in [0.05, 0.1) is 24.7 Å². The molecule has 1 aromatic heterocycles. The molecule has 0 saturated heterocycles. The lowest BCUT2D eigenvalue weighted by Crippen LogP contribution is -2.23. The fourth-order valence-electron chi connectivity index (χ4n) is 3.20. The highest BCUT2D eigenvalue weighted by molar-refractivity contribution is 5.37. The summed E-state index contributed by atoms with van der Waals surface area (Å²) in [5.74, 6) is 0.837. The lowest BCUT2D eigenvalue weighted by Gasteiger charge is -2.25. The zero-order chi connectivity index (χ0) is 24.4. The third kappa shape index (κ3) is 6.21. The maximum absolute atomic E-state index is 13.1. The third-order valence-corrected chi connectivity index (χ3v) is 5.01. The van der Waals surface area contributed by atoms with Gasteiger partial charge in [0.1, 0.15) is 12.4 Å². The summed E-state index contributed by atoms with van der Waals surface area (Å²) >= 11 is 0. The molecule has 178 valence electrons. The van der Waals surface area contributed by atoms with Crippen LogP contribution in [0.4, 0.5) is 26.3 Å². The number of rotatable bonds is 7. The van der Waals surface area contributed by atoms with Gasteiger partial charge in [-0.05, 0) is 49.0 Å². The van der Waals surface area contributed by atoms with Crippen LogP contribution in [0.3, 0.4) is 0 Å². The average molecular weight is 473 g/mol. The molecule has 0 N–H and O–H groups in total. The third-order valence-electron chi connectivity index (χ3n) is 5.01. The number of benzene rings is 2. The van der Waals surface area contributed by atoms with Crippen molar-refractivity contribution in [1.82, 2.24) is 25.1 Å². The minimum absolute atomic E-state index is 0.0923. The summed E-state index contributed by atoms with van der Waals surface area (Å²) in [7, 11) is 3.46. The van der Waals surface area contributed by atoms with Crippen LogP contribution < -0.4 is 4.74 Å². The molecule has 0 aliphatic heterocycles. The highest BCUT2D eigenvalue weighted by Crippen LogP contribution is 2.37. The molecular formula is C21H21F6N5O. The largest absolute Gasteiger partial charge is 0.489 e. The van der Waals surface area contributed by atoms with Crippen molar-refractivity contribution in [3.63, 3.8) is 0 Å². The standard InChI is InChI=1S/C21H21F6N5O/c1-13(31(2)11-19-28-30-32(3)29-19)17-6-4-5-7-18(17)33-12-14-8-15(20(22,23)24)10-16(9-14)21(25,26)27/h4-10,13H,11-12H2,1-3H3. The first-order valence-corrected chi connectivity index (χ1v) is 9.78. The SMILES string of the molecule is CC(c1ccccc1OCc1cc(C(F)(F)F)cc(C(F)(F)F)c1)N(C)Cc1nnn(C)n1. The molecule has 1 heterocycles. The van der Waals surface area contributed by atoms with Crippen molar-refractivity contribution < 1.29 is 31.1 Å². The Balaban J connectivity index is 1.81. The first-order chi connectivity index (χ1) is 15.3. The van der Waals surface area contributed by atoms with Gasteiger partial charge in [-0.3, -0.25) is 4.90 Å². The Morgan fingerprint density at radius 2 is 1.61 bits per heavy atom. The van der Waals surface area contributed by atoms with Gasteiger partial charge in [-0.2, -0.15) is 31.1 Å². The summed E-state index contributed by atoms with van der Waals surface area (Å²) in [6.45, 7) is 1.78. The molecule has 0 amide bonds. The summed E-state index contributed by atoms with van der Waals surface area (Å²) in [6.07, 6.45) is -9.83. The molecular weight excluding hydrogens is 452 g/mol. The Hall–Kier alpha value is -3.15. The van der Waals surface area contributed by atoms with Gasteiger partial charge in [0.2, 0.25) is 0 Å². The number of alkyl halides is 6. The van der Waals surface area contributed by atoms with Gasteiger partial charge in [0.25, 0.3) is 0 Å². The summed E-state index contributed by atoms with van der Waals surface area (Å²) in [5, 5.41) is 11.8. The summed E-state index contributed by atoms with van der Waals surface area (Å²) in [5.41, 5.74) is -2.30. The highest BCUT2D eigenvalue weighted by Gasteiger charge is 2.37. The van der Waals surface area contributed by atoms with E-state index in [1.54, 1.807) is 31.3 Å². The Labute approximate surface area is 185 Å². The van der Waals surface area contributed by atoms with Crippen molar-refractivity contribution in [1.29, 1.82) is 0 Å². The molecule has 0 radical (unpaired) electrons. The molecule has 33 heavy (non-hydrogen) atoms. The quantitative estimate of drug-likeness (QED) is 0.451. The number of hydrogen-bond acceptors (Lipinski definition) is 5. The zero-order valence-corrected chi connectivity index (χ0v) is 17.9. The Bertz CT molecular complexity index is 1060. The minimum Gasteiger partial charge on any atom is -0.489 e. The van der Waals surface area contributed by atoms with Gasteiger partial charge in [-0.15, -0.1) is 10.2 Å². The number of halogens is 6. The van der Waals surface area contributed by atoms with Crippen LogP contribution in [-0.2, 0) is 32.6 Å². The Morgan fingerprint density at radius 3 is 2.15 bits per heavy atom. The smallest absolute Gasteiger partial charge is 0.416 e. The van der Waals surface area contributed by atoms with Gasteiger partial charge < -0.3 is 4.74 Å².